The molecule has 4 aromatic rings. The molecule has 1 aliphatic heterocycles. The van der Waals surface area contributed by atoms with E-state index in [-0.39, 0.29) is 13.2 Å². The highest BCUT2D eigenvalue weighted by molar-refractivity contribution is 7.12. The molecule has 1 amide bonds. The van der Waals surface area contributed by atoms with Gasteiger partial charge in [0, 0.05) is 62.9 Å². The van der Waals surface area contributed by atoms with Crippen molar-refractivity contribution in [1.29, 1.82) is 0 Å². The summed E-state index contributed by atoms with van der Waals surface area (Å²) in [6.45, 7) is 11.7. The first kappa shape index (κ1) is 39.8. The fourth-order valence-corrected chi connectivity index (χ4v) is 7.63. The third-order valence-electron chi connectivity index (χ3n) is 6.60. The lowest BCUT2D eigenvalue weighted by atomic mass is 10.2. The van der Waals surface area contributed by atoms with Crippen LogP contribution in [0.5, 0.6) is 0 Å². The number of thiazole rings is 2. The van der Waals surface area contributed by atoms with Crippen molar-refractivity contribution in [3.63, 3.8) is 0 Å². The monoisotopic (exact) mass is 735 g/mol. The largest absolute Gasteiger partial charge is 0.464 e. The maximum absolute atomic E-state index is 11.7. The Kier molecular flexibility index (Phi) is 17.7. The lowest BCUT2D eigenvalue weighted by Crippen LogP contribution is -2.36. The second-order valence-corrected chi connectivity index (χ2v) is 16.7. The van der Waals surface area contributed by atoms with E-state index >= 15 is 0 Å². The topological polar surface area (TPSA) is 120 Å². The number of carbonyl (C=O) groups is 2. The van der Waals surface area contributed by atoms with Gasteiger partial charge >= 0.3 is 12.1 Å². The van der Waals surface area contributed by atoms with E-state index in [4.69, 9.17) is 19.3 Å². The van der Waals surface area contributed by atoms with Gasteiger partial charge in [0.15, 0.2) is 0 Å². The molecule has 1 aliphatic rings. The molecule has 0 aliphatic carbocycles. The fourth-order valence-electron chi connectivity index (χ4n) is 4.33. The molecule has 264 valence electrons. The zero-order valence-corrected chi connectivity index (χ0v) is 31.9. The Labute approximate surface area is 300 Å². The number of aliphatic hydroxyl groups excluding tert-OH is 1. The Morgan fingerprint density at radius 2 is 1.31 bits per heavy atom. The first-order chi connectivity index (χ1) is 23.0. The van der Waals surface area contributed by atoms with Gasteiger partial charge in [0.1, 0.15) is 12.1 Å². The molecule has 5 rings (SSSR count). The number of aryl methyl sites for hydroxylation is 6. The third kappa shape index (κ3) is 17.1. The molecule has 0 aromatic carbocycles. The number of ether oxygens (including phenoxy) is 3. The number of nitrogens with one attached hydrogen (secondary N) is 1. The van der Waals surface area contributed by atoms with Crippen LogP contribution in [0, 0.1) is 13.8 Å². The van der Waals surface area contributed by atoms with Gasteiger partial charge in [0.2, 0.25) is 0 Å². The standard InChI is InChI=1S/C19H26N2O4S2.C12H15NOS2.C4H8O/c1-13-21-14(12-26-13)5-6-15-7-8-16(27-15)9-10-24-17(22)11-20-18(23)25-19(2,3)4;1-9-13-10(8-15-9)2-3-11-4-5-12(16-11)6-7-14;1-2-4-5-3-1/h7-8,12H,5-6,9-11H2,1-4H3,(H,20,23);4-5,8,14H,2-3,6-7H2,1H3;1-4H2. The Morgan fingerprint density at radius 1 is 0.812 bits per heavy atom. The lowest BCUT2D eigenvalue weighted by Gasteiger charge is -2.19. The zero-order valence-electron chi connectivity index (χ0n) is 28.7. The second-order valence-electron chi connectivity index (χ2n) is 12.1. The smallest absolute Gasteiger partial charge is 0.408 e. The number of nitrogens with zero attached hydrogens (tertiary/aromatic N) is 2. The molecule has 0 atom stereocenters. The summed E-state index contributed by atoms with van der Waals surface area (Å²) < 4.78 is 15.2. The van der Waals surface area contributed by atoms with Crippen LogP contribution in [-0.2, 0) is 57.5 Å². The Bertz CT molecular complexity index is 1490. The minimum atomic E-state index is -0.627. The van der Waals surface area contributed by atoms with Crippen molar-refractivity contribution in [2.75, 3.05) is 33.0 Å². The van der Waals surface area contributed by atoms with Gasteiger partial charge in [-0.15, -0.1) is 45.3 Å². The summed E-state index contributed by atoms with van der Waals surface area (Å²) in [5.41, 5.74) is 1.74. The number of rotatable bonds is 13. The molecule has 9 nitrogen and oxygen atoms in total. The highest BCUT2D eigenvalue weighted by Crippen LogP contribution is 2.21. The quantitative estimate of drug-likeness (QED) is 0.135. The number of thiophene rings is 2. The van der Waals surface area contributed by atoms with Crippen molar-refractivity contribution in [2.24, 2.45) is 0 Å². The number of hydrogen-bond acceptors (Lipinski definition) is 12. The van der Waals surface area contributed by atoms with E-state index in [0.717, 1.165) is 61.0 Å². The molecule has 13 heteroatoms. The van der Waals surface area contributed by atoms with E-state index in [9.17, 15) is 9.59 Å². The predicted octanol–water partition coefficient (Wildman–Crippen LogP) is 7.54. The summed E-state index contributed by atoms with van der Waals surface area (Å²) in [5.74, 6) is -0.475. The average molecular weight is 736 g/mol. The van der Waals surface area contributed by atoms with Crippen LogP contribution >= 0.6 is 45.3 Å². The molecule has 5 heterocycles. The molecule has 2 N–H and O–H groups in total. The van der Waals surface area contributed by atoms with E-state index in [0.29, 0.717) is 13.0 Å². The van der Waals surface area contributed by atoms with Crippen molar-refractivity contribution in [2.45, 2.75) is 91.6 Å². The van der Waals surface area contributed by atoms with Gasteiger partial charge < -0.3 is 24.6 Å². The molecular weight excluding hydrogens is 687 g/mol. The summed E-state index contributed by atoms with van der Waals surface area (Å²) in [4.78, 5) is 37.2. The van der Waals surface area contributed by atoms with Crippen molar-refractivity contribution in [3.8, 4) is 0 Å². The van der Waals surface area contributed by atoms with Crippen LogP contribution in [-0.4, -0.2) is 65.7 Å². The molecule has 1 fully saturated rings. The zero-order chi connectivity index (χ0) is 34.8. The van der Waals surface area contributed by atoms with Crippen LogP contribution in [0.3, 0.4) is 0 Å². The van der Waals surface area contributed by atoms with Crippen LogP contribution in [0.2, 0.25) is 0 Å². The summed E-state index contributed by atoms with van der Waals surface area (Å²) in [6, 6.07) is 8.46. The lowest BCUT2D eigenvalue weighted by molar-refractivity contribution is -0.142. The van der Waals surface area contributed by atoms with E-state index in [1.165, 1.54) is 38.0 Å². The predicted molar refractivity (Wildman–Crippen MR) is 197 cm³/mol. The van der Waals surface area contributed by atoms with Crippen molar-refractivity contribution < 1.29 is 28.9 Å². The van der Waals surface area contributed by atoms with Gasteiger partial charge in [-0.25, -0.2) is 14.8 Å². The number of carbonyl (C=O) groups excluding carboxylic acids is 2. The number of aromatic nitrogens is 2. The molecule has 0 bridgehead atoms. The Morgan fingerprint density at radius 3 is 1.73 bits per heavy atom. The minimum absolute atomic E-state index is 0.197. The highest BCUT2D eigenvalue weighted by Gasteiger charge is 2.17. The van der Waals surface area contributed by atoms with E-state index < -0.39 is 17.7 Å². The first-order valence-corrected chi connectivity index (χ1v) is 19.7. The molecule has 0 radical (unpaired) electrons. The summed E-state index contributed by atoms with van der Waals surface area (Å²) in [6.07, 6.45) is 7.35. The van der Waals surface area contributed by atoms with Gasteiger partial charge in [0.25, 0.3) is 0 Å². The van der Waals surface area contributed by atoms with Crippen LogP contribution in [0.4, 0.5) is 4.79 Å². The Balaban J connectivity index is 0.000000248. The van der Waals surface area contributed by atoms with Crippen LogP contribution < -0.4 is 5.32 Å². The van der Waals surface area contributed by atoms with E-state index in [2.05, 4.69) is 50.3 Å². The second kappa shape index (κ2) is 21.4. The third-order valence-corrected chi connectivity index (χ3v) is 10.7. The molecule has 0 unspecified atom stereocenters. The Hall–Kier alpha value is -2.68. The molecule has 1 saturated heterocycles. The SMILES string of the molecule is C1CCOC1.Cc1nc(CCc2ccc(CCO)s2)cs1.Cc1nc(CCc2ccc(CCOC(=O)CNC(=O)OC(C)(C)C)s2)cs1. The van der Waals surface area contributed by atoms with Crippen molar-refractivity contribution >= 4 is 57.4 Å². The number of alkyl carbamates (subject to hydrolysis) is 1. The molecule has 0 saturated carbocycles. The van der Waals surface area contributed by atoms with Gasteiger partial charge in [-0.05, 0) is 97.4 Å². The maximum atomic E-state index is 11.7. The van der Waals surface area contributed by atoms with Gasteiger partial charge in [-0.3, -0.25) is 4.79 Å². The number of hydrogen-bond donors (Lipinski definition) is 2. The number of amides is 1. The van der Waals surface area contributed by atoms with Gasteiger partial charge in [-0.1, -0.05) is 0 Å². The van der Waals surface area contributed by atoms with Gasteiger partial charge in [-0.2, -0.15) is 0 Å². The van der Waals surface area contributed by atoms with Crippen LogP contribution in [0.1, 0.15) is 74.5 Å². The first-order valence-electron chi connectivity index (χ1n) is 16.3. The average Bonchev–Trinajstić information content (AvgIpc) is 3.87. The molecule has 48 heavy (non-hydrogen) atoms. The number of esters is 1. The molecule has 4 aromatic heterocycles. The van der Waals surface area contributed by atoms with Crippen LogP contribution in [0.25, 0.3) is 0 Å². The summed E-state index contributed by atoms with van der Waals surface area (Å²) in [7, 11) is 0. The van der Waals surface area contributed by atoms with E-state index in [1.807, 2.05) is 13.8 Å². The highest BCUT2D eigenvalue weighted by atomic mass is 32.1. The van der Waals surface area contributed by atoms with Crippen molar-refractivity contribution in [1.82, 2.24) is 15.3 Å². The van der Waals surface area contributed by atoms with Gasteiger partial charge in [0.05, 0.1) is 28.0 Å². The maximum Gasteiger partial charge on any atom is 0.408 e. The van der Waals surface area contributed by atoms with Crippen molar-refractivity contribution in [3.05, 3.63) is 75.9 Å². The van der Waals surface area contributed by atoms with Crippen LogP contribution in [0.15, 0.2) is 35.0 Å². The summed E-state index contributed by atoms with van der Waals surface area (Å²) in [5, 5.41) is 17.7. The van der Waals surface area contributed by atoms with E-state index in [1.54, 1.807) is 66.1 Å². The normalized spacial score (nSPS) is 12.5. The number of aliphatic hydroxyl groups is 1. The molecular formula is C35H49N3O6S4. The molecule has 0 spiro atoms. The summed E-state index contributed by atoms with van der Waals surface area (Å²) >= 11 is 6.92. The minimum Gasteiger partial charge on any atom is -0.464 e. The fraction of sp³-hybridized carbons (Fsp3) is 0.543.